The van der Waals surface area contributed by atoms with Gasteiger partial charge >= 0.3 is 0 Å². The average Bonchev–Trinajstić information content (AvgIpc) is 2.82. The third kappa shape index (κ3) is 2.13. The molecule has 3 rings (SSSR count). The predicted molar refractivity (Wildman–Crippen MR) is 68.7 cm³/mol. The summed E-state index contributed by atoms with van der Waals surface area (Å²) in [5.74, 6) is 0.692. The maximum Gasteiger partial charge on any atom is 0.251 e. The van der Waals surface area contributed by atoms with Gasteiger partial charge in [0.2, 0.25) is 6.79 Å². The lowest BCUT2D eigenvalue weighted by molar-refractivity contribution is 0.0641. The Labute approximate surface area is 115 Å². The van der Waals surface area contributed by atoms with Crippen molar-refractivity contribution in [3.63, 3.8) is 0 Å². The zero-order chi connectivity index (χ0) is 13.5. The fourth-order valence-corrected chi connectivity index (χ4v) is 2.60. The van der Waals surface area contributed by atoms with Crippen LogP contribution in [-0.2, 0) is 0 Å². The molecular formula is C13H14ClNO4. The van der Waals surface area contributed by atoms with Gasteiger partial charge in [-0.15, -0.1) is 0 Å². The van der Waals surface area contributed by atoms with Crippen LogP contribution in [0.4, 0.5) is 0 Å². The molecule has 1 saturated carbocycles. The number of benzene rings is 1. The maximum absolute atomic E-state index is 12.2. The van der Waals surface area contributed by atoms with Crippen molar-refractivity contribution in [2.45, 2.75) is 24.8 Å². The molecule has 5 nitrogen and oxygen atoms in total. The Morgan fingerprint density at radius 1 is 1.42 bits per heavy atom. The third-order valence-electron chi connectivity index (χ3n) is 3.68. The summed E-state index contributed by atoms with van der Waals surface area (Å²) in [7, 11) is 0. The minimum absolute atomic E-state index is 0.0446. The highest BCUT2D eigenvalue weighted by molar-refractivity contribution is 6.32. The highest BCUT2D eigenvalue weighted by Gasteiger charge is 2.38. The SMILES string of the molecule is O=C(NC1(CO)CCC1)c1cc(Cl)c2c(c1)OCO2. The van der Waals surface area contributed by atoms with Crippen molar-refractivity contribution in [2.24, 2.45) is 0 Å². The van der Waals surface area contributed by atoms with Crippen LogP contribution in [0.2, 0.25) is 5.02 Å². The Kier molecular flexibility index (Phi) is 3.03. The number of fused-ring (bicyclic) bond motifs is 1. The van der Waals surface area contributed by atoms with Crippen molar-refractivity contribution in [3.05, 3.63) is 22.7 Å². The number of ether oxygens (including phenoxy) is 2. The fourth-order valence-electron chi connectivity index (χ4n) is 2.34. The summed E-state index contributed by atoms with van der Waals surface area (Å²) < 4.78 is 10.4. The lowest BCUT2D eigenvalue weighted by Crippen LogP contribution is -2.56. The molecule has 0 bridgehead atoms. The van der Waals surface area contributed by atoms with Crippen molar-refractivity contribution in [1.29, 1.82) is 0 Å². The summed E-state index contributed by atoms with van der Waals surface area (Å²) in [5, 5.41) is 12.6. The Hall–Kier alpha value is -1.46. The number of rotatable bonds is 3. The Morgan fingerprint density at radius 2 is 2.21 bits per heavy atom. The van der Waals surface area contributed by atoms with Gasteiger partial charge in [0, 0.05) is 5.56 Å². The summed E-state index contributed by atoms with van der Waals surface area (Å²) in [6.07, 6.45) is 2.61. The third-order valence-corrected chi connectivity index (χ3v) is 3.96. The second-order valence-electron chi connectivity index (χ2n) is 4.94. The van der Waals surface area contributed by atoms with Crippen LogP contribution >= 0.6 is 11.6 Å². The van der Waals surface area contributed by atoms with Gasteiger partial charge in [-0.05, 0) is 31.4 Å². The molecule has 0 spiro atoms. The standard InChI is InChI=1S/C13H14ClNO4/c14-9-4-8(5-10-11(9)19-7-18-10)12(17)15-13(6-16)2-1-3-13/h4-5,16H,1-3,6-7H2,(H,15,17). The molecule has 102 valence electrons. The Bertz CT molecular complexity index is 522. The molecule has 0 radical (unpaired) electrons. The number of carbonyl (C=O) groups excluding carboxylic acids is 1. The summed E-state index contributed by atoms with van der Waals surface area (Å²) in [4.78, 5) is 12.2. The molecule has 2 N–H and O–H groups in total. The minimum Gasteiger partial charge on any atom is -0.454 e. The molecular weight excluding hydrogens is 270 g/mol. The van der Waals surface area contributed by atoms with Crippen LogP contribution in [0.25, 0.3) is 0 Å². The molecule has 0 saturated heterocycles. The van der Waals surface area contributed by atoms with Gasteiger partial charge in [0.1, 0.15) is 0 Å². The smallest absolute Gasteiger partial charge is 0.251 e. The van der Waals surface area contributed by atoms with E-state index in [-0.39, 0.29) is 19.3 Å². The Balaban J connectivity index is 1.82. The first-order valence-electron chi connectivity index (χ1n) is 6.16. The predicted octanol–water partition coefficient (Wildman–Crippen LogP) is 1.71. The summed E-state index contributed by atoms with van der Waals surface area (Å²) in [5.41, 5.74) is -0.0612. The lowest BCUT2D eigenvalue weighted by atomic mass is 9.77. The number of hydrogen-bond donors (Lipinski definition) is 2. The molecule has 0 aromatic heterocycles. The van der Waals surface area contributed by atoms with Crippen LogP contribution in [0.3, 0.4) is 0 Å². The minimum atomic E-state index is -0.472. The van der Waals surface area contributed by atoms with E-state index in [0.29, 0.717) is 22.1 Å². The van der Waals surface area contributed by atoms with Gasteiger partial charge < -0.3 is 19.9 Å². The zero-order valence-electron chi connectivity index (χ0n) is 10.2. The second-order valence-corrected chi connectivity index (χ2v) is 5.35. The topological polar surface area (TPSA) is 67.8 Å². The molecule has 6 heteroatoms. The molecule has 2 aliphatic rings. The summed E-state index contributed by atoms with van der Waals surface area (Å²) in [6, 6.07) is 3.15. The van der Waals surface area contributed by atoms with E-state index < -0.39 is 5.54 Å². The van der Waals surface area contributed by atoms with Gasteiger partial charge in [0.05, 0.1) is 17.2 Å². The number of aliphatic hydroxyl groups excluding tert-OH is 1. The molecule has 1 aromatic carbocycles. The first-order chi connectivity index (χ1) is 9.13. The van der Waals surface area contributed by atoms with Crippen LogP contribution in [0.1, 0.15) is 29.6 Å². The fraction of sp³-hybridized carbons (Fsp3) is 0.462. The van der Waals surface area contributed by atoms with Gasteiger partial charge in [-0.1, -0.05) is 11.6 Å². The largest absolute Gasteiger partial charge is 0.454 e. The molecule has 19 heavy (non-hydrogen) atoms. The number of halogens is 1. The van der Waals surface area contributed by atoms with Crippen molar-refractivity contribution in [1.82, 2.24) is 5.32 Å². The first kappa shape index (κ1) is 12.6. The molecule has 0 atom stereocenters. The molecule has 1 aromatic rings. The molecule has 0 unspecified atom stereocenters. The number of carbonyl (C=O) groups is 1. The highest BCUT2D eigenvalue weighted by Crippen LogP contribution is 2.40. The van der Waals surface area contributed by atoms with E-state index in [9.17, 15) is 9.90 Å². The van der Waals surface area contributed by atoms with Crippen LogP contribution in [0.5, 0.6) is 11.5 Å². The van der Waals surface area contributed by atoms with Crippen LogP contribution in [-0.4, -0.2) is 30.0 Å². The van der Waals surface area contributed by atoms with E-state index in [1.54, 1.807) is 12.1 Å². The lowest BCUT2D eigenvalue weighted by Gasteiger charge is -2.40. The second kappa shape index (κ2) is 4.58. The van der Waals surface area contributed by atoms with Crippen molar-refractivity contribution < 1.29 is 19.4 Å². The van der Waals surface area contributed by atoms with Crippen molar-refractivity contribution in [3.8, 4) is 11.5 Å². The highest BCUT2D eigenvalue weighted by atomic mass is 35.5. The van der Waals surface area contributed by atoms with Crippen molar-refractivity contribution in [2.75, 3.05) is 13.4 Å². The van der Waals surface area contributed by atoms with Crippen LogP contribution in [0.15, 0.2) is 12.1 Å². The molecule has 1 amide bonds. The van der Waals surface area contributed by atoms with E-state index >= 15 is 0 Å². The number of amides is 1. The maximum atomic E-state index is 12.2. The molecule has 1 fully saturated rings. The number of nitrogens with one attached hydrogen (secondary N) is 1. The van der Waals surface area contributed by atoms with Gasteiger partial charge in [-0.25, -0.2) is 0 Å². The van der Waals surface area contributed by atoms with Crippen molar-refractivity contribution >= 4 is 17.5 Å². The van der Waals surface area contributed by atoms with E-state index in [1.165, 1.54) is 0 Å². The zero-order valence-corrected chi connectivity index (χ0v) is 11.0. The number of aliphatic hydroxyl groups is 1. The normalized spacial score (nSPS) is 18.8. The van der Waals surface area contributed by atoms with E-state index in [2.05, 4.69) is 5.32 Å². The monoisotopic (exact) mass is 283 g/mol. The van der Waals surface area contributed by atoms with E-state index in [4.69, 9.17) is 21.1 Å². The van der Waals surface area contributed by atoms with Crippen LogP contribution in [0, 0.1) is 0 Å². The van der Waals surface area contributed by atoms with Gasteiger partial charge in [-0.3, -0.25) is 4.79 Å². The van der Waals surface area contributed by atoms with Crippen LogP contribution < -0.4 is 14.8 Å². The molecule has 1 aliphatic heterocycles. The Morgan fingerprint density at radius 3 is 2.84 bits per heavy atom. The average molecular weight is 284 g/mol. The van der Waals surface area contributed by atoms with E-state index in [1.807, 2.05) is 0 Å². The first-order valence-corrected chi connectivity index (χ1v) is 6.54. The summed E-state index contributed by atoms with van der Waals surface area (Å²) in [6.45, 7) is 0.0672. The molecule has 1 aliphatic carbocycles. The van der Waals surface area contributed by atoms with Gasteiger partial charge in [-0.2, -0.15) is 0 Å². The van der Waals surface area contributed by atoms with E-state index in [0.717, 1.165) is 19.3 Å². The van der Waals surface area contributed by atoms with Gasteiger partial charge in [0.15, 0.2) is 11.5 Å². The summed E-state index contributed by atoms with van der Waals surface area (Å²) >= 11 is 6.04. The quantitative estimate of drug-likeness (QED) is 0.886. The molecule has 1 heterocycles. The number of hydrogen-bond acceptors (Lipinski definition) is 4. The van der Waals surface area contributed by atoms with Gasteiger partial charge in [0.25, 0.3) is 5.91 Å².